The molecule has 0 saturated carbocycles. The Kier molecular flexibility index (Phi) is 5.50. The van der Waals surface area contributed by atoms with Gasteiger partial charge < -0.3 is 15.3 Å². The molecule has 0 saturated heterocycles. The first-order valence-electron chi connectivity index (χ1n) is 5.73. The Morgan fingerprint density at radius 1 is 1.47 bits per heavy atom. The van der Waals surface area contributed by atoms with E-state index in [9.17, 15) is 14.4 Å². The molecular formula is C12H16N2O4S. The highest BCUT2D eigenvalue weighted by atomic mass is 32.1. The van der Waals surface area contributed by atoms with E-state index in [0.717, 1.165) is 4.90 Å². The van der Waals surface area contributed by atoms with E-state index in [1.807, 2.05) is 0 Å². The van der Waals surface area contributed by atoms with Crippen molar-refractivity contribution in [3.63, 3.8) is 0 Å². The molecule has 6 nitrogen and oxygen atoms in total. The number of likely N-dealkylation sites (N-methyl/N-ethyl adjacent to an activating group) is 1. The first kappa shape index (κ1) is 15.2. The number of amides is 2. The molecule has 7 heteroatoms. The second-order valence-corrected chi connectivity index (χ2v) is 4.95. The molecule has 0 bridgehead atoms. The van der Waals surface area contributed by atoms with Crippen molar-refractivity contribution in [2.75, 3.05) is 13.6 Å². The van der Waals surface area contributed by atoms with Crippen molar-refractivity contribution >= 4 is 29.1 Å². The van der Waals surface area contributed by atoms with E-state index >= 15 is 0 Å². The minimum Gasteiger partial charge on any atom is -0.480 e. The molecule has 1 atom stereocenters. The van der Waals surface area contributed by atoms with E-state index < -0.39 is 12.0 Å². The highest BCUT2D eigenvalue weighted by Gasteiger charge is 2.21. The fourth-order valence-electron chi connectivity index (χ4n) is 1.34. The lowest BCUT2D eigenvalue weighted by Gasteiger charge is -2.21. The summed E-state index contributed by atoms with van der Waals surface area (Å²) in [5, 5.41) is 13.2. The third kappa shape index (κ3) is 4.36. The Morgan fingerprint density at radius 3 is 2.68 bits per heavy atom. The van der Waals surface area contributed by atoms with E-state index in [1.165, 1.54) is 25.3 Å². The van der Waals surface area contributed by atoms with Gasteiger partial charge in [0.05, 0.1) is 4.88 Å². The molecule has 0 fully saturated rings. The van der Waals surface area contributed by atoms with Gasteiger partial charge in [0.25, 0.3) is 5.91 Å². The Labute approximate surface area is 115 Å². The van der Waals surface area contributed by atoms with Gasteiger partial charge in [0.1, 0.15) is 6.04 Å². The average Bonchev–Trinajstić information content (AvgIpc) is 2.90. The lowest BCUT2D eigenvalue weighted by Crippen LogP contribution is -2.41. The van der Waals surface area contributed by atoms with E-state index in [2.05, 4.69) is 5.32 Å². The van der Waals surface area contributed by atoms with Crippen molar-refractivity contribution in [1.29, 1.82) is 0 Å². The predicted molar refractivity (Wildman–Crippen MR) is 71.1 cm³/mol. The summed E-state index contributed by atoms with van der Waals surface area (Å²) < 4.78 is 0. The second-order valence-electron chi connectivity index (χ2n) is 4.00. The zero-order valence-corrected chi connectivity index (χ0v) is 11.6. The minimum atomic E-state index is -1.06. The van der Waals surface area contributed by atoms with E-state index in [1.54, 1.807) is 17.5 Å². The van der Waals surface area contributed by atoms with Crippen LogP contribution in [-0.2, 0) is 9.59 Å². The van der Waals surface area contributed by atoms with Crippen LogP contribution >= 0.6 is 11.3 Å². The topological polar surface area (TPSA) is 86.7 Å². The van der Waals surface area contributed by atoms with Crippen LogP contribution < -0.4 is 5.32 Å². The fraction of sp³-hybridized carbons (Fsp3) is 0.417. The summed E-state index contributed by atoms with van der Waals surface area (Å²) in [5.74, 6) is -1.60. The van der Waals surface area contributed by atoms with Crippen LogP contribution in [0.4, 0.5) is 0 Å². The van der Waals surface area contributed by atoms with Crippen molar-refractivity contribution in [1.82, 2.24) is 10.2 Å². The fourth-order valence-corrected chi connectivity index (χ4v) is 1.98. The van der Waals surface area contributed by atoms with E-state index in [-0.39, 0.29) is 24.8 Å². The second kappa shape index (κ2) is 6.89. The number of rotatable bonds is 6. The summed E-state index contributed by atoms with van der Waals surface area (Å²) in [5.41, 5.74) is 0. The van der Waals surface area contributed by atoms with Crippen LogP contribution in [0.2, 0.25) is 0 Å². The SMILES string of the molecule is CC(C(=O)O)N(C)C(=O)CCNC(=O)c1cccs1. The number of hydrogen-bond acceptors (Lipinski definition) is 4. The van der Waals surface area contributed by atoms with E-state index in [4.69, 9.17) is 5.11 Å². The molecule has 1 aromatic rings. The molecule has 1 rings (SSSR count). The van der Waals surface area contributed by atoms with Crippen molar-refractivity contribution < 1.29 is 19.5 Å². The quantitative estimate of drug-likeness (QED) is 0.809. The summed E-state index contributed by atoms with van der Waals surface area (Å²) >= 11 is 1.32. The van der Waals surface area contributed by atoms with Gasteiger partial charge in [-0.1, -0.05) is 6.07 Å². The molecule has 0 radical (unpaired) electrons. The maximum atomic E-state index is 11.7. The van der Waals surface area contributed by atoms with Gasteiger partial charge in [0.2, 0.25) is 5.91 Å². The molecule has 2 amide bonds. The molecule has 0 aliphatic carbocycles. The normalized spacial score (nSPS) is 11.7. The average molecular weight is 284 g/mol. The molecule has 0 aromatic carbocycles. The van der Waals surface area contributed by atoms with Crippen LogP contribution in [0.3, 0.4) is 0 Å². The van der Waals surface area contributed by atoms with Gasteiger partial charge in [-0.15, -0.1) is 11.3 Å². The van der Waals surface area contributed by atoms with Gasteiger partial charge in [-0.3, -0.25) is 9.59 Å². The molecule has 19 heavy (non-hydrogen) atoms. The molecule has 0 aliphatic heterocycles. The number of carbonyl (C=O) groups excluding carboxylic acids is 2. The third-order valence-electron chi connectivity index (χ3n) is 2.70. The smallest absolute Gasteiger partial charge is 0.326 e. The molecule has 104 valence electrons. The molecule has 1 heterocycles. The standard InChI is InChI=1S/C12H16N2O4S/c1-8(12(17)18)14(2)10(15)5-6-13-11(16)9-4-3-7-19-9/h3-4,7-8H,5-6H2,1-2H3,(H,13,16)(H,17,18). The van der Waals surface area contributed by atoms with Gasteiger partial charge in [0, 0.05) is 20.0 Å². The number of hydrogen-bond donors (Lipinski definition) is 2. The van der Waals surface area contributed by atoms with Gasteiger partial charge >= 0.3 is 5.97 Å². The summed E-state index contributed by atoms with van der Waals surface area (Å²) in [6.07, 6.45) is 0.0746. The first-order valence-corrected chi connectivity index (χ1v) is 6.61. The van der Waals surface area contributed by atoms with Crippen LogP contribution in [-0.4, -0.2) is 47.4 Å². The number of carboxylic acids is 1. The first-order chi connectivity index (χ1) is 8.93. The lowest BCUT2D eigenvalue weighted by molar-refractivity contribution is -0.148. The molecule has 0 spiro atoms. The Hall–Kier alpha value is -1.89. The van der Waals surface area contributed by atoms with Crippen LogP contribution in [0, 0.1) is 0 Å². The number of aliphatic carboxylic acids is 1. The molecular weight excluding hydrogens is 268 g/mol. The summed E-state index contributed by atoms with van der Waals surface area (Å²) in [6.45, 7) is 1.62. The number of carbonyl (C=O) groups is 3. The number of carboxylic acid groups (broad SMARTS) is 1. The monoisotopic (exact) mass is 284 g/mol. The van der Waals surface area contributed by atoms with Crippen LogP contribution in [0.15, 0.2) is 17.5 Å². The van der Waals surface area contributed by atoms with Gasteiger partial charge in [-0.2, -0.15) is 0 Å². The Bertz CT molecular complexity index is 458. The van der Waals surface area contributed by atoms with Gasteiger partial charge in [0.15, 0.2) is 0 Å². The molecule has 0 aliphatic rings. The Morgan fingerprint density at radius 2 is 2.16 bits per heavy atom. The molecule has 2 N–H and O–H groups in total. The highest BCUT2D eigenvalue weighted by Crippen LogP contribution is 2.07. The zero-order chi connectivity index (χ0) is 14.4. The Balaban J connectivity index is 2.35. The van der Waals surface area contributed by atoms with Crippen molar-refractivity contribution in [3.05, 3.63) is 22.4 Å². The highest BCUT2D eigenvalue weighted by molar-refractivity contribution is 7.12. The zero-order valence-electron chi connectivity index (χ0n) is 10.8. The largest absolute Gasteiger partial charge is 0.480 e. The van der Waals surface area contributed by atoms with Gasteiger partial charge in [-0.25, -0.2) is 4.79 Å². The van der Waals surface area contributed by atoms with Crippen LogP contribution in [0.25, 0.3) is 0 Å². The third-order valence-corrected chi connectivity index (χ3v) is 3.57. The van der Waals surface area contributed by atoms with Crippen molar-refractivity contribution in [2.45, 2.75) is 19.4 Å². The van der Waals surface area contributed by atoms with Crippen LogP contribution in [0.1, 0.15) is 23.0 Å². The lowest BCUT2D eigenvalue weighted by atomic mass is 10.2. The number of nitrogens with one attached hydrogen (secondary N) is 1. The maximum absolute atomic E-state index is 11.7. The minimum absolute atomic E-state index is 0.0746. The summed E-state index contributed by atoms with van der Waals surface area (Å²) in [4.78, 5) is 35.7. The maximum Gasteiger partial charge on any atom is 0.326 e. The van der Waals surface area contributed by atoms with E-state index in [0.29, 0.717) is 4.88 Å². The number of nitrogens with zero attached hydrogens (tertiary/aromatic N) is 1. The molecule has 1 unspecified atom stereocenters. The summed E-state index contributed by atoms with van der Waals surface area (Å²) in [6, 6.07) is 2.59. The van der Waals surface area contributed by atoms with Crippen molar-refractivity contribution in [3.8, 4) is 0 Å². The molecule has 1 aromatic heterocycles. The summed E-state index contributed by atoms with van der Waals surface area (Å²) in [7, 11) is 1.43. The number of thiophene rings is 1. The predicted octanol–water partition coefficient (Wildman–Crippen LogP) is 0.800. The van der Waals surface area contributed by atoms with Gasteiger partial charge in [-0.05, 0) is 18.4 Å². The van der Waals surface area contributed by atoms with Crippen LogP contribution in [0.5, 0.6) is 0 Å². The van der Waals surface area contributed by atoms with Crippen molar-refractivity contribution in [2.24, 2.45) is 0 Å².